The zero-order valence-corrected chi connectivity index (χ0v) is 15.6. The fourth-order valence-electron chi connectivity index (χ4n) is 2.55. The van der Waals surface area contributed by atoms with E-state index in [-0.39, 0.29) is 0 Å². The molecule has 1 aromatic carbocycles. The molecule has 0 spiro atoms. The molecule has 0 atom stereocenters. The maximum absolute atomic E-state index is 6.53. The second-order valence-electron chi connectivity index (χ2n) is 5.66. The van der Waals surface area contributed by atoms with Crippen molar-refractivity contribution in [1.82, 2.24) is 15.0 Å². The number of halogens is 1. The Labute approximate surface area is 150 Å². The molecular formula is C17H19ClN4OS. The highest BCUT2D eigenvalue weighted by Crippen LogP contribution is 2.33. The summed E-state index contributed by atoms with van der Waals surface area (Å²) in [5.74, 6) is 1.46. The second-order valence-corrected chi connectivity index (χ2v) is 7.00. The maximum Gasteiger partial charge on any atom is 0.166 e. The van der Waals surface area contributed by atoms with Gasteiger partial charge in [-0.2, -0.15) is 0 Å². The third-order valence-corrected chi connectivity index (χ3v) is 4.99. The number of aromatic nitrogens is 3. The van der Waals surface area contributed by atoms with Gasteiger partial charge in [-0.1, -0.05) is 23.4 Å². The molecule has 0 unspecified atom stereocenters. The molecule has 0 bridgehead atoms. The van der Waals surface area contributed by atoms with E-state index in [0.29, 0.717) is 10.8 Å². The van der Waals surface area contributed by atoms with Crippen molar-refractivity contribution in [2.45, 2.75) is 17.8 Å². The van der Waals surface area contributed by atoms with E-state index in [9.17, 15) is 0 Å². The highest BCUT2D eigenvalue weighted by molar-refractivity contribution is 7.98. The van der Waals surface area contributed by atoms with E-state index >= 15 is 0 Å². The molecule has 0 saturated carbocycles. The molecule has 3 aromatic rings. The van der Waals surface area contributed by atoms with E-state index in [1.54, 1.807) is 18.9 Å². The molecular weight excluding hydrogens is 344 g/mol. The fraction of sp³-hybridized carbons (Fsp3) is 0.294. The molecule has 2 heterocycles. The van der Waals surface area contributed by atoms with Gasteiger partial charge in [0.2, 0.25) is 0 Å². The molecule has 0 fully saturated rings. The van der Waals surface area contributed by atoms with E-state index in [4.69, 9.17) is 16.3 Å². The molecule has 2 aromatic heterocycles. The lowest BCUT2D eigenvalue weighted by Gasteiger charge is -2.18. The van der Waals surface area contributed by atoms with Gasteiger partial charge in [-0.05, 0) is 24.6 Å². The van der Waals surface area contributed by atoms with Crippen molar-refractivity contribution in [3.8, 4) is 5.75 Å². The molecule has 0 radical (unpaired) electrons. The van der Waals surface area contributed by atoms with Gasteiger partial charge in [-0.3, -0.25) is 4.98 Å². The smallest absolute Gasteiger partial charge is 0.166 e. The molecule has 0 saturated heterocycles. The molecule has 7 heteroatoms. The minimum Gasteiger partial charge on any atom is -0.497 e. The van der Waals surface area contributed by atoms with Crippen LogP contribution >= 0.6 is 23.4 Å². The van der Waals surface area contributed by atoms with Crippen molar-refractivity contribution < 1.29 is 4.74 Å². The van der Waals surface area contributed by atoms with Crippen LogP contribution in [-0.4, -0.2) is 36.2 Å². The van der Waals surface area contributed by atoms with Gasteiger partial charge in [0.1, 0.15) is 5.75 Å². The number of aryl methyl sites for hydroxylation is 1. The monoisotopic (exact) mass is 362 g/mol. The van der Waals surface area contributed by atoms with Gasteiger partial charge >= 0.3 is 0 Å². The minimum atomic E-state index is 0.650. The van der Waals surface area contributed by atoms with Crippen LogP contribution in [0.15, 0.2) is 29.6 Å². The molecule has 5 nitrogen and oxygen atoms in total. The first-order chi connectivity index (χ1) is 11.5. The number of H-pyrrole nitrogens is 1. The summed E-state index contributed by atoms with van der Waals surface area (Å²) in [6, 6.07) is 5.78. The number of methoxy groups -OCH3 is 1. The Morgan fingerprint density at radius 2 is 2.12 bits per heavy atom. The number of nitrogens with one attached hydrogen (secondary N) is 1. The third-order valence-electron chi connectivity index (χ3n) is 3.71. The van der Waals surface area contributed by atoms with Crippen molar-refractivity contribution in [1.29, 1.82) is 0 Å². The normalized spacial score (nSPS) is 11.0. The van der Waals surface area contributed by atoms with Crippen molar-refractivity contribution in [2.75, 3.05) is 26.1 Å². The Morgan fingerprint density at radius 1 is 1.33 bits per heavy atom. The number of aromatic amines is 1. The Kier molecular flexibility index (Phi) is 4.87. The molecule has 0 aliphatic rings. The average molecular weight is 363 g/mol. The summed E-state index contributed by atoms with van der Waals surface area (Å²) >= 11 is 8.11. The summed E-state index contributed by atoms with van der Waals surface area (Å²) in [5, 5.41) is 1.54. The van der Waals surface area contributed by atoms with Gasteiger partial charge in [0.05, 0.1) is 34.5 Å². The summed E-state index contributed by atoms with van der Waals surface area (Å²) in [6.45, 7) is 2.01. The van der Waals surface area contributed by atoms with Crippen LogP contribution < -0.4 is 9.64 Å². The number of ether oxygens (including phenoxy) is 1. The van der Waals surface area contributed by atoms with E-state index in [0.717, 1.165) is 38.9 Å². The number of thioether (sulfide) groups is 1. The van der Waals surface area contributed by atoms with Crippen LogP contribution in [0.3, 0.4) is 0 Å². The number of nitrogens with zero attached hydrogens (tertiary/aromatic N) is 3. The predicted molar refractivity (Wildman–Crippen MR) is 101 cm³/mol. The van der Waals surface area contributed by atoms with Gasteiger partial charge in [0.25, 0.3) is 0 Å². The number of benzene rings is 1. The molecule has 24 heavy (non-hydrogen) atoms. The van der Waals surface area contributed by atoms with E-state index < -0.39 is 0 Å². The molecule has 0 aliphatic carbocycles. The van der Waals surface area contributed by atoms with Crippen LogP contribution in [0, 0.1) is 6.92 Å². The first kappa shape index (κ1) is 16.9. The van der Waals surface area contributed by atoms with Crippen molar-refractivity contribution in [2.24, 2.45) is 0 Å². The molecule has 3 rings (SSSR count). The molecule has 126 valence electrons. The average Bonchev–Trinajstić information content (AvgIpc) is 2.95. The quantitative estimate of drug-likeness (QED) is 0.686. The Bertz CT molecular complexity index is 878. The van der Waals surface area contributed by atoms with Crippen LogP contribution in [0.4, 0.5) is 5.69 Å². The van der Waals surface area contributed by atoms with Gasteiger partial charge in [0, 0.05) is 32.1 Å². The second kappa shape index (κ2) is 6.91. The fourth-order valence-corrected chi connectivity index (χ4v) is 3.90. The Balaban J connectivity index is 1.82. The lowest BCUT2D eigenvalue weighted by Crippen LogP contribution is -2.12. The minimum absolute atomic E-state index is 0.650. The highest BCUT2D eigenvalue weighted by atomic mass is 35.5. The Morgan fingerprint density at radius 3 is 2.83 bits per heavy atom. The van der Waals surface area contributed by atoms with Crippen molar-refractivity contribution in [3.05, 3.63) is 40.7 Å². The lowest BCUT2D eigenvalue weighted by atomic mass is 10.2. The topological polar surface area (TPSA) is 54.0 Å². The first-order valence-corrected chi connectivity index (χ1v) is 8.84. The number of rotatable bonds is 5. The summed E-state index contributed by atoms with van der Waals surface area (Å²) < 4.78 is 5.24. The SMILES string of the molecule is COc1ccc2nc(SCc3ncc(C)c(N(C)C)c3Cl)[nH]c2c1. The van der Waals surface area contributed by atoms with Crippen molar-refractivity contribution >= 4 is 40.1 Å². The van der Waals surface area contributed by atoms with Crippen LogP contribution in [0.1, 0.15) is 11.3 Å². The van der Waals surface area contributed by atoms with E-state index in [1.807, 2.05) is 50.3 Å². The number of hydrogen-bond acceptors (Lipinski definition) is 5. The summed E-state index contributed by atoms with van der Waals surface area (Å²) in [5.41, 5.74) is 4.80. The number of pyridine rings is 1. The van der Waals surface area contributed by atoms with Crippen LogP contribution in [0.5, 0.6) is 5.75 Å². The molecule has 0 aliphatic heterocycles. The lowest BCUT2D eigenvalue weighted by molar-refractivity contribution is 0.415. The zero-order valence-electron chi connectivity index (χ0n) is 14.1. The van der Waals surface area contributed by atoms with Crippen LogP contribution in [-0.2, 0) is 5.75 Å². The van der Waals surface area contributed by atoms with Crippen molar-refractivity contribution in [3.63, 3.8) is 0 Å². The predicted octanol–water partition coefficient (Wildman–Crippen LogP) is 4.29. The molecule has 0 amide bonds. The first-order valence-electron chi connectivity index (χ1n) is 7.47. The zero-order chi connectivity index (χ0) is 17.3. The standard InChI is InChI=1S/C17H19ClN4OS/c1-10-8-19-14(15(18)16(10)22(2)3)9-24-17-20-12-6-5-11(23-4)7-13(12)21-17/h5-8H,9H2,1-4H3,(H,20,21). The summed E-state index contributed by atoms with van der Waals surface area (Å²) in [7, 11) is 5.62. The summed E-state index contributed by atoms with van der Waals surface area (Å²) in [6.07, 6.45) is 1.86. The molecule has 1 N–H and O–H groups in total. The number of hydrogen-bond donors (Lipinski definition) is 1. The number of imidazole rings is 1. The maximum atomic E-state index is 6.53. The largest absolute Gasteiger partial charge is 0.497 e. The van der Waals surface area contributed by atoms with Gasteiger partial charge < -0.3 is 14.6 Å². The van der Waals surface area contributed by atoms with Gasteiger partial charge in [0.15, 0.2) is 5.16 Å². The van der Waals surface area contributed by atoms with Crippen LogP contribution in [0.2, 0.25) is 5.02 Å². The van der Waals surface area contributed by atoms with Crippen LogP contribution in [0.25, 0.3) is 11.0 Å². The third kappa shape index (κ3) is 3.30. The number of anilines is 1. The van der Waals surface area contributed by atoms with Gasteiger partial charge in [-0.25, -0.2) is 4.98 Å². The van der Waals surface area contributed by atoms with Gasteiger partial charge in [-0.15, -0.1) is 0 Å². The van der Waals surface area contributed by atoms with E-state index in [2.05, 4.69) is 15.0 Å². The summed E-state index contributed by atoms with van der Waals surface area (Å²) in [4.78, 5) is 14.4. The highest BCUT2D eigenvalue weighted by Gasteiger charge is 2.14. The van der Waals surface area contributed by atoms with E-state index in [1.165, 1.54) is 0 Å². The number of fused-ring (bicyclic) bond motifs is 1. The Hall–Kier alpha value is -1.92.